The van der Waals surface area contributed by atoms with Gasteiger partial charge in [-0.1, -0.05) is 40.2 Å². The molecule has 36 heavy (non-hydrogen) atoms. The number of rotatable bonds is 11. The van der Waals surface area contributed by atoms with Gasteiger partial charge in [0, 0.05) is 17.4 Å². The van der Waals surface area contributed by atoms with Gasteiger partial charge in [-0.05, 0) is 70.4 Å². The summed E-state index contributed by atoms with van der Waals surface area (Å²) < 4.78 is 27.0. The maximum absolute atomic E-state index is 13.6. The summed E-state index contributed by atoms with van der Waals surface area (Å²) >= 11 is 6.93. The van der Waals surface area contributed by atoms with Gasteiger partial charge < -0.3 is 14.8 Å². The third-order valence-corrected chi connectivity index (χ3v) is 5.90. The van der Waals surface area contributed by atoms with Gasteiger partial charge in [0.05, 0.1) is 22.9 Å². The Labute approximate surface area is 225 Å². The standard InChI is InChI=1S/C26H24Br2FN3O4/c1-2-35-23-14-18(13-21(28)25(23)36-16-17-7-9-19(27)10-8-17)15-31-32-24(33)11-12-30-26(34)20-5-3-4-6-22(20)29/h3-10,13-15H,2,11-12,16H2,1H3,(H,30,34)(H,32,33). The zero-order valence-corrected chi connectivity index (χ0v) is 22.6. The minimum Gasteiger partial charge on any atom is -0.490 e. The van der Waals surface area contributed by atoms with Crippen LogP contribution in [-0.2, 0) is 11.4 Å². The molecule has 0 aromatic heterocycles. The zero-order chi connectivity index (χ0) is 25.9. The van der Waals surface area contributed by atoms with E-state index in [2.05, 4.69) is 47.7 Å². The molecule has 0 aliphatic carbocycles. The first-order valence-corrected chi connectivity index (χ1v) is 12.6. The Morgan fingerprint density at radius 3 is 2.53 bits per heavy atom. The third-order valence-electron chi connectivity index (χ3n) is 4.79. The normalized spacial score (nSPS) is 10.8. The van der Waals surface area contributed by atoms with E-state index in [0.717, 1.165) is 10.0 Å². The summed E-state index contributed by atoms with van der Waals surface area (Å²) in [6.45, 7) is 2.72. The second-order valence-electron chi connectivity index (χ2n) is 7.46. The van der Waals surface area contributed by atoms with Crippen LogP contribution in [0.4, 0.5) is 4.39 Å². The average Bonchev–Trinajstić information content (AvgIpc) is 2.85. The molecule has 0 atom stereocenters. The van der Waals surface area contributed by atoms with Gasteiger partial charge in [0.1, 0.15) is 12.4 Å². The van der Waals surface area contributed by atoms with Crippen LogP contribution in [0, 0.1) is 5.82 Å². The summed E-state index contributed by atoms with van der Waals surface area (Å²) in [5, 5.41) is 6.48. The fourth-order valence-electron chi connectivity index (χ4n) is 3.07. The van der Waals surface area contributed by atoms with Crippen molar-refractivity contribution in [2.24, 2.45) is 5.10 Å². The largest absolute Gasteiger partial charge is 0.490 e. The predicted octanol–water partition coefficient (Wildman–Crippen LogP) is 5.60. The number of amides is 2. The molecule has 0 aliphatic heterocycles. The molecule has 2 amide bonds. The summed E-state index contributed by atoms with van der Waals surface area (Å²) in [6, 6.07) is 17.0. The van der Waals surface area contributed by atoms with E-state index in [4.69, 9.17) is 9.47 Å². The summed E-state index contributed by atoms with van der Waals surface area (Å²) in [4.78, 5) is 24.0. The SMILES string of the molecule is CCOc1cc(C=NNC(=O)CCNC(=O)c2ccccc2F)cc(Br)c1OCc1ccc(Br)cc1. The van der Waals surface area contributed by atoms with E-state index in [0.29, 0.717) is 34.7 Å². The Kier molecular flexibility index (Phi) is 10.4. The van der Waals surface area contributed by atoms with Crippen molar-refractivity contribution in [3.05, 3.63) is 92.1 Å². The Bertz CT molecular complexity index is 1240. The summed E-state index contributed by atoms with van der Waals surface area (Å²) in [6.07, 6.45) is 1.45. The molecule has 7 nitrogen and oxygen atoms in total. The Morgan fingerprint density at radius 1 is 1.06 bits per heavy atom. The van der Waals surface area contributed by atoms with Crippen molar-refractivity contribution in [2.45, 2.75) is 20.0 Å². The number of nitrogens with zero attached hydrogens (tertiary/aromatic N) is 1. The molecule has 188 valence electrons. The molecule has 10 heteroatoms. The lowest BCUT2D eigenvalue weighted by Crippen LogP contribution is -2.29. The maximum atomic E-state index is 13.6. The van der Waals surface area contributed by atoms with E-state index in [1.165, 1.54) is 24.4 Å². The number of nitrogens with one attached hydrogen (secondary N) is 2. The van der Waals surface area contributed by atoms with Crippen LogP contribution >= 0.6 is 31.9 Å². The molecular weight excluding hydrogens is 597 g/mol. The van der Waals surface area contributed by atoms with Gasteiger partial charge in [-0.3, -0.25) is 9.59 Å². The van der Waals surface area contributed by atoms with Gasteiger partial charge in [0.25, 0.3) is 5.91 Å². The third kappa shape index (κ3) is 8.17. The molecule has 3 rings (SSSR count). The van der Waals surface area contributed by atoms with Gasteiger partial charge >= 0.3 is 0 Å². The lowest BCUT2D eigenvalue weighted by atomic mass is 10.2. The van der Waals surface area contributed by atoms with Crippen LogP contribution in [0.15, 0.2) is 74.7 Å². The molecule has 0 radical (unpaired) electrons. The predicted molar refractivity (Wildman–Crippen MR) is 143 cm³/mol. The molecule has 3 aromatic carbocycles. The van der Waals surface area contributed by atoms with Gasteiger partial charge in [-0.25, -0.2) is 9.82 Å². The monoisotopic (exact) mass is 619 g/mol. The van der Waals surface area contributed by atoms with Gasteiger partial charge in [0.2, 0.25) is 5.91 Å². The number of hydrogen-bond acceptors (Lipinski definition) is 5. The van der Waals surface area contributed by atoms with E-state index in [1.807, 2.05) is 31.2 Å². The van der Waals surface area contributed by atoms with E-state index < -0.39 is 17.6 Å². The van der Waals surface area contributed by atoms with Gasteiger partial charge in [-0.2, -0.15) is 5.10 Å². The smallest absolute Gasteiger partial charge is 0.254 e. The van der Waals surface area contributed by atoms with Crippen LogP contribution in [0.5, 0.6) is 11.5 Å². The molecule has 0 aliphatic rings. The molecule has 0 unspecified atom stereocenters. The molecule has 0 bridgehead atoms. The second-order valence-corrected chi connectivity index (χ2v) is 9.23. The number of carbonyl (C=O) groups is 2. The topological polar surface area (TPSA) is 89.0 Å². The maximum Gasteiger partial charge on any atom is 0.254 e. The van der Waals surface area contributed by atoms with E-state index in [9.17, 15) is 14.0 Å². The quantitative estimate of drug-likeness (QED) is 0.216. The highest BCUT2D eigenvalue weighted by atomic mass is 79.9. The average molecular weight is 621 g/mol. The van der Waals surface area contributed by atoms with Crippen LogP contribution < -0.4 is 20.2 Å². The lowest BCUT2D eigenvalue weighted by molar-refractivity contribution is -0.120. The molecule has 0 fully saturated rings. The zero-order valence-electron chi connectivity index (χ0n) is 19.4. The molecule has 0 saturated heterocycles. The van der Waals surface area contributed by atoms with Gasteiger partial charge in [0.15, 0.2) is 11.5 Å². The minimum absolute atomic E-state index is 0.0196. The van der Waals surface area contributed by atoms with Crippen molar-refractivity contribution in [2.75, 3.05) is 13.2 Å². The first-order valence-electron chi connectivity index (χ1n) is 11.1. The van der Waals surface area contributed by atoms with Gasteiger partial charge in [-0.15, -0.1) is 0 Å². The van der Waals surface area contributed by atoms with Crippen LogP contribution in [0.25, 0.3) is 0 Å². The molecule has 0 saturated carbocycles. The van der Waals surface area contributed by atoms with Crippen LogP contribution in [0.2, 0.25) is 0 Å². The van der Waals surface area contributed by atoms with Crippen molar-refractivity contribution in [1.29, 1.82) is 0 Å². The Morgan fingerprint density at radius 2 is 1.81 bits per heavy atom. The highest BCUT2D eigenvalue weighted by Crippen LogP contribution is 2.37. The van der Waals surface area contributed by atoms with Crippen molar-refractivity contribution >= 4 is 49.9 Å². The summed E-state index contributed by atoms with van der Waals surface area (Å²) in [5.41, 5.74) is 4.01. The van der Waals surface area contributed by atoms with Crippen LogP contribution in [0.1, 0.15) is 34.8 Å². The second kappa shape index (κ2) is 13.7. The molecule has 0 heterocycles. The fourth-order valence-corrected chi connectivity index (χ4v) is 3.90. The Hall–Kier alpha value is -3.24. The van der Waals surface area contributed by atoms with Crippen molar-refractivity contribution in [1.82, 2.24) is 10.7 Å². The van der Waals surface area contributed by atoms with Crippen LogP contribution in [0.3, 0.4) is 0 Å². The molecule has 2 N–H and O–H groups in total. The first kappa shape index (κ1) is 27.3. The van der Waals surface area contributed by atoms with E-state index in [1.54, 1.807) is 18.2 Å². The molecule has 3 aromatic rings. The highest BCUT2D eigenvalue weighted by molar-refractivity contribution is 9.10. The first-order chi connectivity index (χ1) is 17.4. The van der Waals surface area contributed by atoms with Crippen molar-refractivity contribution in [3.63, 3.8) is 0 Å². The van der Waals surface area contributed by atoms with E-state index in [-0.39, 0.29) is 18.5 Å². The van der Waals surface area contributed by atoms with Crippen LogP contribution in [-0.4, -0.2) is 31.2 Å². The summed E-state index contributed by atoms with van der Waals surface area (Å²) in [7, 11) is 0. The number of carbonyl (C=O) groups excluding carboxylic acids is 2. The summed E-state index contributed by atoms with van der Waals surface area (Å²) in [5.74, 6) is -0.510. The Balaban J connectivity index is 1.54. The van der Waals surface area contributed by atoms with E-state index >= 15 is 0 Å². The fraction of sp³-hybridized carbons (Fsp3) is 0.192. The number of hydrazone groups is 1. The molecular formula is C26H24Br2FN3O4. The highest BCUT2D eigenvalue weighted by Gasteiger charge is 2.13. The number of ether oxygens (including phenoxy) is 2. The lowest BCUT2D eigenvalue weighted by Gasteiger charge is -2.14. The van der Waals surface area contributed by atoms with Crippen molar-refractivity contribution < 1.29 is 23.5 Å². The van der Waals surface area contributed by atoms with Crippen molar-refractivity contribution in [3.8, 4) is 11.5 Å². The number of benzene rings is 3. The number of hydrogen-bond donors (Lipinski definition) is 2. The minimum atomic E-state index is -0.619. The molecule has 0 spiro atoms. The number of halogens is 3.